The fourth-order valence-corrected chi connectivity index (χ4v) is 20.9. The molecule has 23 heteroatoms. The molecule has 0 spiro atoms. The van der Waals surface area contributed by atoms with Gasteiger partial charge in [0, 0.05) is 24.3 Å². The molecular formula is C119H157F3N2O15S3. The molecular weight excluding hydrogens is 1850 g/mol. The van der Waals surface area contributed by atoms with E-state index in [0.29, 0.717) is 24.1 Å². The predicted molar refractivity (Wildman–Crippen MR) is 563 cm³/mol. The first-order chi connectivity index (χ1) is 67.8. The van der Waals surface area contributed by atoms with E-state index in [4.69, 9.17) is 25.2 Å². The monoisotopic (exact) mass is 2010 g/mol. The van der Waals surface area contributed by atoms with Crippen LogP contribution < -0.4 is 30.3 Å². The standard InChI is InChI=1S/C22H23OS.2C18H15S.C16H36N.C11H14O2.C8H8O2.C8H16O2.C7H18NO3.C7H12O2.C4H5F3O3/c1-22(2,3)23-18-14-16-21(17-15-18)24(19-10-6-4-7-11-19)20-12-8-5-9-13-20;2*1-4-10-16(11-5-1)19(17-12-6-2-7-13-17)18-14-8-3-9-15-18;1-5-9-13-17(14-10-6-2,15-11-7-3)16-12-8-4;1-11(2,3)9-6-4-8(5-7-9)10(12)13;9-8(10)6-7-4-2-1-3-5-7;1-2-3-4-5-6-7-8(9)10;1-8(2-5-9,3-6-10)4-7-11;8-7(9)6-4-2-1-3-5-6;1-3(10,2(8)9)4(5,6)7/h4-17H,1-3H3;2*1-15H;5-16H2,1-4H3;4-7H,1-3H3,(H,12,13);1-5H,6H2,(H,9,10);2-7H2,1H3,(H,9,10);9-11H,2-7H2,1H3;6H,1-5H2,(H,8,9);10H,1H3,(H,8,9)/q4*+1;;;;+1;;/p-5. The summed E-state index contributed by atoms with van der Waals surface area (Å²) in [5.41, 5.74) is -1.74. The van der Waals surface area contributed by atoms with E-state index in [9.17, 15) is 62.7 Å². The highest BCUT2D eigenvalue weighted by Gasteiger charge is 2.51. The van der Waals surface area contributed by atoms with Crippen LogP contribution >= 0.6 is 0 Å². The maximum Gasteiger partial charge on any atom is 0.422 e. The average molecular weight is 2010 g/mol. The van der Waals surface area contributed by atoms with Gasteiger partial charge in [-0.2, -0.15) is 13.2 Å². The lowest BCUT2D eigenvalue weighted by Gasteiger charge is -2.39. The van der Waals surface area contributed by atoms with Gasteiger partial charge in [-0.05, 0) is 228 Å². The van der Waals surface area contributed by atoms with Gasteiger partial charge >= 0.3 is 6.18 Å². The van der Waals surface area contributed by atoms with Crippen molar-refractivity contribution in [2.24, 2.45) is 5.92 Å². The van der Waals surface area contributed by atoms with Crippen molar-refractivity contribution in [3.63, 3.8) is 0 Å². The first-order valence-electron chi connectivity index (χ1n) is 49.7. The molecule has 1 atom stereocenters. The molecule has 12 rings (SSSR count). The number of aliphatic hydroxyl groups excluding tert-OH is 3. The Bertz CT molecular complexity index is 4690. The molecule has 0 heterocycles. The molecule has 0 bridgehead atoms. The van der Waals surface area contributed by atoms with Crippen molar-refractivity contribution in [1.29, 1.82) is 0 Å². The summed E-state index contributed by atoms with van der Waals surface area (Å²) in [5, 5.41) is 84.4. The maximum atomic E-state index is 11.4. The third-order valence-electron chi connectivity index (χ3n) is 22.7. The topological polar surface area (TPSA) is 291 Å². The lowest BCUT2D eigenvalue weighted by Crippen LogP contribution is -2.56. The molecule has 11 aromatic rings. The van der Waals surface area contributed by atoms with Crippen molar-refractivity contribution in [2.45, 2.75) is 278 Å². The number of carboxylic acid groups (broad SMARTS) is 5. The summed E-state index contributed by atoms with van der Waals surface area (Å²) >= 11 is 0. The first kappa shape index (κ1) is 125. The predicted octanol–water partition coefficient (Wildman–Crippen LogP) is 20.7. The largest absolute Gasteiger partial charge is 0.550 e. The third-order valence-corrected chi connectivity index (χ3v) is 29.4. The molecule has 4 N–H and O–H groups in total. The van der Waals surface area contributed by atoms with Gasteiger partial charge in [0.15, 0.2) is 49.7 Å². The fraction of sp³-hybridized carbons (Fsp3) is 0.403. The molecule has 1 aliphatic carbocycles. The summed E-state index contributed by atoms with van der Waals surface area (Å²) in [6, 6.07) is 110. The number of hydrogen-bond acceptors (Lipinski definition) is 15. The van der Waals surface area contributed by atoms with Crippen LogP contribution in [0, 0.1) is 5.92 Å². The summed E-state index contributed by atoms with van der Waals surface area (Å²) in [5.74, 6) is -5.72. The van der Waals surface area contributed by atoms with E-state index in [0.717, 1.165) is 61.8 Å². The summed E-state index contributed by atoms with van der Waals surface area (Å²) in [6.45, 7) is 31.8. The zero-order valence-electron chi connectivity index (χ0n) is 85.9. The van der Waals surface area contributed by atoms with E-state index in [1.54, 1.807) is 36.4 Å². The van der Waals surface area contributed by atoms with Gasteiger partial charge < -0.3 is 83.6 Å². The number of aliphatic hydroxyl groups is 4. The van der Waals surface area contributed by atoms with Gasteiger partial charge in [-0.3, -0.25) is 0 Å². The van der Waals surface area contributed by atoms with Gasteiger partial charge in [0.2, 0.25) is 0 Å². The van der Waals surface area contributed by atoms with Gasteiger partial charge in [0.25, 0.3) is 0 Å². The minimum Gasteiger partial charge on any atom is -0.550 e. The molecule has 1 aliphatic rings. The Morgan fingerprint density at radius 2 is 0.641 bits per heavy atom. The number of benzene rings is 11. The number of aliphatic carboxylic acids is 4. The minimum absolute atomic E-state index is 0.000833. The zero-order chi connectivity index (χ0) is 105. The number of quaternary nitrogens is 2. The second-order valence-corrected chi connectivity index (χ2v) is 43.0. The van der Waals surface area contributed by atoms with E-state index in [2.05, 4.69) is 343 Å². The van der Waals surface area contributed by atoms with Crippen molar-refractivity contribution >= 4 is 62.5 Å². The van der Waals surface area contributed by atoms with E-state index in [1.165, 1.54) is 145 Å². The van der Waals surface area contributed by atoms with Crippen LogP contribution in [0.2, 0.25) is 0 Å². The number of carbonyl (C=O) groups excluding carboxylic acids is 5. The maximum absolute atomic E-state index is 11.4. The third kappa shape index (κ3) is 51.9. The number of nitrogens with zero attached hydrogens (tertiary/aromatic N) is 2. The van der Waals surface area contributed by atoms with Crippen molar-refractivity contribution in [2.75, 3.05) is 72.7 Å². The van der Waals surface area contributed by atoms with Gasteiger partial charge in [-0.15, -0.1) is 0 Å². The molecule has 0 radical (unpaired) electrons. The fourth-order valence-electron chi connectivity index (χ4n) is 14.6. The van der Waals surface area contributed by atoms with E-state index < -0.39 is 41.6 Å². The van der Waals surface area contributed by atoms with Crippen LogP contribution in [0.5, 0.6) is 5.75 Å². The number of halogens is 3. The van der Waals surface area contributed by atoms with E-state index in [-0.39, 0.29) is 94.8 Å². The van der Waals surface area contributed by atoms with Gasteiger partial charge in [0.05, 0.1) is 97.7 Å². The SMILES string of the molecule is CC(C)(C)Oc1ccc([S+](c2ccccc2)c2ccccc2)cc1.CC(C)(C)c1ccc(C(=O)[O-])cc1.CC(O)(C(=O)[O-])C(F)(F)F.CCCCCCCC(=O)[O-].CCCC[N+](CCCC)(CCCC)CCCC.C[N+](CCO)(CCO)CCO.O=C([O-])C1CCCCC1.O=C([O-])Cc1ccccc1.c1ccc([S+](c2ccccc2)c2ccccc2)cc1.c1ccc([S+](c2ccccc2)c2ccccc2)cc1. The summed E-state index contributed by atoms with van der Waals surface area (Å²) in [6.07, 6.45) is 16.5. The number of carboxylic acids is 5. The Morgan fingerprint density at radius 1 is 0.359 bits per heavy atom. The number of aromatic carboxylic acids is 1. The Hall–Kier alpha value is -10.8. The Kier molecular flexibility index (Phi) is 62.5. The Morgan fingerprint density at radius 3 is 0.859 bits per heavy atom. The number of unbranched alkanes of at least 4 members (excludes halogenated alkanes) is 8. The second kappa shape index (κ2) is 70.8. The van der Waals surface area contributed by atoms with Crippen molar-refractivity contribution in [1.82, 2.24) is 0 Å². The van der Waals surface area contributed by atoms with Crippen LogP contribution in [0.25, 0.3) is 0 Å². The van der Waals surface area contributed by atoms with Crippen LogP contribution in [0.3, 0.4) is 0 Å². The minimum atomic E-state index is -5.19. The van der Waals surface area contributed by atoms with Crippen molar-refractivity contribution < 1.29 is 96.8 Å². The lowest BCUT2D eigenvalue weighted by atomic mass is 9.87. The van der Waals surface area contributed by atoms with E-state index in [1.807, 2.05) is 25.2 Å². The van der Waals surface area contributed by atoms with Gasteiger partial charge in [-0.1, -0.05) is 326 Å². The number of ether oxygens (including phenoxy) is 1. The highest BCUT2D eigenvalue weighted by atomic mass is 32.2. The molecule has 1 saturated carbocycles. The van der Waals surface area contributed by atoms with Gasteiger partial charge in [0.1, 0.15) is 31.0 Å². The van der Waals surface area contributed by atoms with Crippen LogP contribution in [-0.4, -0.2) is 149 Å². The molecule has 142 heavy (non-hydrogen) atoms. The first-order valence-corrected chi connectivity index (χ1v) is 53.4. The molecule has 0 saturated heterocycles. The average Bonchev–Trinajstić information content (AvgIpc) is 0.831. The molecule has 0 aromatic heterocycles. The van der Waals surface area contributed by atoms with Crippen molar-refractivity contribution in [3.05, 3.63) is 338 Å². The Labute approximate surface area is 854 Å². The summed E-state index contributed by atoms with van der Waals surface area (Å²) in [7, 11) is 1.77. The molecule has 0 amide bonds. The highest BCUT2D eigenvalue weighted by molar-refractivity contribution is 7.97. The van der Waals surface area contributed by atoms with Crippen LogP contribution in [0.15, 0.2) is 366 Å². The van der Waals surface area contributed by atoms with Crippen LogP contribution in [0.4, 0.5) is 13.2 Å². The molecule has 1 unspecified atom stereocenters. The molecule has 1 fully saturated rings. The number of carbonyl (C=O) groups is 5. The normalized spacial score (nSPS) is 12.2. The quantitative estimate of drug-likeness (QED) is 0.0158. The molecule has 772 valence electrons. The second-order valence-electron chi connectivity index (χ2n) is 36.9. The smallest absolute Gasteiger partial charge is 0.422 e. The highest BCUT2D eigenvalue weighted by Crippen LogP contribution is 2.36. The van der Waals surface area contributed by atoms with E-state index >= 15 is 0 Å². The number of hydrogen-bond donors (Lipinski definition) is 4. The zero-order valence-corrected chi connectivity index (χ0v) is 88.4. The summed E-state index contributed by atoms with van der Waals surface area (Å²) < 4.78 is 42.1. The molecule has 17 nitrogen and oxygen atoms in total. The molecule has 11 aromatic carbocycles. The number of likely N-dealkylation sites (N-methyl/N-ethyl adjacent to an activating group) is 1. The summed E-state index contributed by atoms with van der Waals surface area (Å²) in [4.78, 5) is 62.4. The van der Waals surface area contributed by atoms with Gasteiger partial charge in [-0.25, -0.2) is 0 Å². The van der Waals surface area contributed by atoms with Crippen LogP contribution in [0.1, 0.15) is 227 Å². The molecule has 0 aliphatic heterocycles. The van der Waals surface area contributed by atoms with Crippen LogP contribution in [-0.2, 0) is 63.7 Å². The lowest BCUT2D eigenvalue weighted by molar-refractivity contribution is -0.929. The number of alkyl halides is 3. The number of rotatable bonds is 39. The Balaban J connectivity index is 0.000000413. The van der Waals surface area contributed by atoms with Crippen molar-refractivity contribution in [3.8, 4) is 5.75 Å².